The van der Waals surface area contributed by atoms with Gasteiger partial charge < -0.3 is 50.5 Å². The molecule has 11 nitrogen and oxygen atoms in total. The van der Waals surface area contributed by atoms with Crippen LogP contribution < -0.4 is 5.32 Å². The summed E-state index contributed by atoms with van der Waals surface area (Å²) >= 11 is 0. The Balaban J connectivity index is 2.22. The Bertz CT molecular complexity index is 1440. The van der Waals surface area contributed by atoms with Crippen molar-refractivity contribution in [3.8, 4) is 0 Å². The number of hydrogen-bond donors (Lipinski definition) is 8. The molecular formula is C72H137NO10. The van der Waals surface area contributed by atoms with Gasteiger partial charge in [-0.25, -0.2) is 0 Å². The van der Waals surface area contributed by atoms with Gasteiger partial charge in [-0.1, -0.05) is 307 Å². The minimum absolute atomic E-state index is 0.248. The number of rotatable bonds is 63. The molecule has 11 heteroatoms. The van der Waals surface area contributed by atoms with Crippen molar-refractivity contribution < 1.29 is 50.0 Å². The van der Waals surface area contributed by atoms with Crippen LogP contribution in [-0.4, -0.2) is 110 Å². The molecule has 9 unspecified atom stereocenters. The smallest absolute Gasteiger partial charge is 0.249 e. The molecule has 8 N–H and O–H groups in total. The third-order valence-electron chi connectivity index (χ3n) is 17.4. The van der Waals surface area contributed by atoms with Gasteiger partial charge in [0, 0.05) is 0 Å². The molecule has 0 aromatic carbocycles. The molecule has 0 spiro atoms. The molecule has 1 fully saturated rings. The van der Waals surface area contributed by atoms with E-state index in [0.29, 0.717) is 19.3 Å². The largest absolute Gasteiger partial charge is 0.394 e. The zero-order chi connectivity index (χ0) is 60.3. The summed E-state index contributed by atoms with van der Waals surface area (Å²) in [6.45, 7) is 3.49. The predicted molar refractivity (Wildman–Crippen MR) is 349 cm³/mol. The number of allylic oxidation sites excluding steroid dienone is 6. The van der Waals surface area contributed by atoms with Gasteiger partial charge in [-0.15, -0.1) is 0 Å². The Morgan fingerprint density at radius 2 is 0.723 bits per heavy atom. The van der Waals surface area contributed by atoms with Crippen LogP contribution in [0.3, 0.4) is 0 Å². The van der Waals surface area contributed by atoms with Gasteiger partial charge in [-0.05, 0) is 77.0 Å². The molecule has 0 saturated carbocycles. The van der Waals surface area contributed by atoms with Crippen LogP contribution in [0.1, 0.15) is 348 Å². The van der Waals surface area contributed by atoms with Crippen molar-refractivity contribution in [3.05, 3.63) is 36.5 Å². The summed E-state index contributed by atoms with van der Waals surface area (Å²) in [6.07, 6.45) is 66.6. The molecule has 1 saturated heterocycles. The molecule has 1 amide bonds. The van der Waals surface area contributed by atoms with E-state index in [0.717, 1.165) is 38.5 Å². The lowest BCUT2D eigenvalue weighted by Gasteiger charge is -2.40. The lowest BCUT2D eigenvalue weighted by Crippen LogP contribution is -2.60. The number of amides is 1. The van der Waals surface area contributed by atoms with E-state index in [4.69, 9.17) is 9.47 Å². The quantitative estimate of drug-likeness (QED) is 0.0215. The van der Waals surface area contributed by atoms with Gasteiger partial charge in [0.15, 0.2) is 6.29 Å². The van der Waals surface area contributed by atoms with E-state index in [1.165, 1.54) is 263 Å². The summed E-state index contributed by atoms with van der Waals surface area (Å²) in [5, 5.41) is 76.5. The number of unbranched alkanes of at least 4 members (excludes halogenated alkanes) is 45. The molecule has 490 valence electrons. The van der Waals surface area contributed by atoms with Crippen LogP contribution in [-0.2, 0) is 14.3 Å². The third kappa shape index (κ3) is 48.0. The standard InChI is InChI=1S/C72H137NO10/c1-3-5-7-9-11-13-15-17-19-21-23-25-27-29-31-32-34-36-38-40-42-44-46-48-50-52-54-56-58-60-65(76)71(81)73-63(62-82-72-70(80)69(79)68(78)66(61-74)83-72)67(77)64(75)59-57-55-53-51-49-47-45-43-41-39-37-35-33-30-28-26-24-22-20-18-16-14-12-10-8-6-4-2/h29,31,43,45,51,53,63-70,72,74-80H,3-28,30,32-42,44,46-50,52,54-62H2,1-2H3,(H,73,81)/b31-29-,45-43+,53-51+. The van der Waals surface area contributed by atoms with E-state index in [-0.39, 0.29) is 12.8 Å². The van der Waals surface area contributed by atoms with Crippen LogP contribution in [0.2, 0.25) is 0 Å². The second kappa shape index (κ2) is 60.6. The maximum atomic E-state index is 13.3. The molecule has 1 aliphatic rings. The van der Waals surface area contributed by atoms with Gasteiger partial charge in [-0.3, -0.25) is 4.79 Å². The first kappa shape index (κ1) is 79.3. The molecule has 0 aliphatic carbocycles. The van der Waals surface area contributed by atoms with Crippen molar-refractivity contribution >= 4 is 5.91 Å². The lowest BCUT2D eigenvalue weighted by molar-refractivity contribution is -0.303. The van der Waals surface area contributed by atoms with Crippen molar-refractivity contribution in [3.63, 3.8) is 0 Å². The first-order chi connectivity index (χ1) is 40.7. The Hall–Kier alpha value is -1.67. The number of carbonyl (C=O) groups excluding carboxylic acids is 1. The van der Waals surface area contributed by atoms with Gasteiger partial charge in [0.05, 0.1) is 25.4 Å². The van der Waals surface area contributed by atoms with Crippen LogP contribution >= 0.6 is 0 Å². The third-order valence-corrected chi connectivity index (χ3v) is 17.4. The molecule has 9 atom stereocenters. The monoisotopic (exact) mass is 1180 g/mol. The Morgan fingerprint density at radius 1 is 0.410 bits per heavy atom. The van der Waals surface area contributed by atoms with Crippen molar-refractivity contribution in [1.82, 2.24) is 5.32 Å². The fraction of sp³-hybridized carbons (Fsp3) is 0.903. The average Bonchev–Trinajstić information content (AvgIpc) is 3.68. The second-order valence-corrected chi connectivity index (χ2v) is 25.3. The van der Waals surface area contributed by atoms with Crippen LogP contribution in [0.25, 0.3) is 0 Å². The molecular weight excluding hydrogens is 1040 g/mol. The average molecular weight is 1180 g/mol. The number of hydrogen-bond acceptors (Lipinski definition) is 10. The summed E-state index contributed by atoms with van der Waals surface area (Å²) in [4.78, 5) is 13.3. The van der Waals surface area contributed by atoms with Gasteiger partial charge in [-0.2, -0.15) is 0 Å². The first-order valence-corrected chi connectivity index (χ1v) is 35.9. The van der Waals surface area contributed by atoms with E-state index in [1.54, 1.807) is 0 Å². The number of ether oxygens (including phenoxy) is 2. The highest BCUT2D eigenvalue weighted by Gasteiger charge is 2.44. The van der Waals surface area contributed by atoms with E-state index in [2.05, 4.69) is 55.6 Å². The molecule has 0 aromatic rings. The van der Waals surface area contributed by atoms with E-state index >= 15 is 0 Å². The summed E-state index contributed by atoms with van der Waals surface area (Å²) < 4.78 is 11.2. The first-order valence-electron chi connectivity index (χ1n) is 35.9. The van der Waals surface area contributed by atoms with Crippen LogP contribution in [0.5, 0.6) is 0 Å². The number of aliphatic hydroxyl groups excluding tert-OH is 7. The van der Waals surface area contributed by atoms with Crippen molar-refractivity contribution in [2.75, 3.05) is 13.2 Å². The lowest BCUT2D eigenvalue weighted by atomic mass is 9.98. The second-order valence-electron chi connectivity index (χ2n) is 25.3. The molecule has 0 bridgehead atoms. The van der Waals surface area contributed by atoms with Crippen molar-refractivity contribution in [2.24, 2.45) is 0 Å². The Kier molecular flexibility index (Phi) is 57.9. The Morgan fingerprint density at radius 3 is 1.07 bits per heavy atom. The minimum Gasteiger partial charge on any atom is -0.394 e. The fourth-order valence-electron chi connectivity index (χ4n) is 11.6. The zero-order valence-corrected chi connectivity index (χ0v) is 54.2. The van der Waals surface area contributed by atoms with Gasteiger partial charge >= 0.3 is 0 Å². The van der Waals surface area contributed by atoms with Crippen molar-refractivity contribution in [1.29, 1.82) is 0 Å². The highest BCUT2D eigenvalue weighted by molar-refractivity contribution is 5.80. The van der Waals surface area contributed by atoms with Gasteiger partial charge in [0.2, 0.25) is 5.91 Å². The minimum atomic E-state index is -1.67. The SMILES string of the molecule is CCCCCCCCCCCCCC/C=C\CCCCCCCCCCCCCCCC(O)C(=O)NC(COC1OC(CO)C(O)C(O)C1O)C(O)C(O)CCC/C=C/CC/C=C/CCCCCCCCCCCCCCCCCCCC. The number of carbonyl (C=O) groups is 1. The van der Waals surface area contributed by atoms with Crippen LogP contribution in [0.4, 0.5) is 0 Å². The Labute approximate surface area is 511 Å². The number of nitrogens with one attached hydrogen (secondary N) is 1. The fourth-order valence-corrected chi connectivity index (χ4v) is 11.6. The normalized spacial score (nSPS) is 19.2. The molecule has 1 heterocycles. The predicted octanol–water partition coefficient (Wildman–Crippen LogP) is 17.4. The molecule has 83 heavy (non-hydrogen) atoms. The molecule has 1 aliphatic heterocycles. The van der Waals surface area contributed by atoms with Gasteiger partial charge in [0.25, 0.3) is 0 Å². The topological polar surface area (TPSA) is 189 Å². The molecule has 0 aromatic heterocycles. The maximum absolute atomic E-state index is 13.3. The molecule has 1 rings (SSSR count). The van der Waals surface area contributed by atoms with Crippen LogP contribution in [0, 0.1) is 0 Å². The van der Waals surface area contributed by atoms with Crippen LogP contribution in [0.15, 0.2) is 36.5 Å². The molecule has 0 radical (unpaired) electrons. The van der Waals surface area contributed by atoms with Crippen molar-refractivity contribution in [2.45, 2.75) is 403 Å². The van der Waals surface area contributed by atoms with E-state index in [1.807, 2.05) is 0 Å². The number of aliphatic hydroxyl groups is 7. The van der Waals surface area contributed by atoms with E-state index in [9.17, 15) is 40.5 Å². The summed E-state index contributed by atoms with van der Waals surface area (Å²) in [6, 6.07) is -1.19. The van der Waals surface area contributed by atoms with Gasteiger partial charge in [0.1, 0.15) is 36.6 Å². The summed E-state index contributed by atoms with van der Waals surface area (Å²) in [7, 11) is 0. The maximum Gasteiger partial charge on any atom is 0.249 e. The van der Waals surface area contributed by atoms with E-state index < -0.39 is 74.2 Å². The highest BCUT2D eigenvalue weighted by atomic mass is 16.7. The highest BCUT2D eigenvalue weighted by Crippen LogP contribution is 2.24. The summed E-state index contributed by atoms with van der Waals surface area (Å²) in [5.74, 6) is -0.705. The summed E-state index contributed by atoms with van der Waals surface area (Å²) in [5.41, 5.74) is 0. The zero-order valence-electron chi connectivity index (χ0n) is 54.2.